The van der Waals surface area contributed by atoms with Gasteiger partial charge in [-0.15, -0.1) is 0 Å². The molecule has 24 heavy (non-hydrogen) atoms. The van der Waals surface area contributed by atoms with Gasteiger partial charge in [0.2, 0.25) is 0 Å². The molecule has 1 heterocycles. The largest absolute Gasteiger partial charge is 0.469 e. The molecular formula is C19H17FO4. The summed E-state index contributed by atoms with van der Waals surface area (Å²) in [5, 5.41) is 0. The summed E-state index contributed by atoms with van der Waals surface area (Å²) in [7, 11) is 0. The SMILES string of the molecule is CCOC(=O)[C@@H]1C(=O)C=C(c2ccc(F)cc2)C[C@@H]1c1ccco1. The molecule has 0 N–H and O–H groups in total. The molecular weight excluding hydrogens is 311 g/mol. The van der Waals surface area contributed by atoms with E-state index in [1.165, 1.54) is 24.5 Å². The molecule has 5 heteroatoms. The Labute approximate surface area is 138 Å². The molecule has 1 aliphatic carbocycles. The molecule has 0 spiro atoms. The van der Waals surface area contributed by atoms with E-state index in [-0.39, 0.29) is 18.2 Å². The number of hydrogen-bond donors (Lipinski definition) is 0. The topological polar surface area (TPSA) is 56.5 Å². The summed E-state index contributed by atoms with van der Waals surface area (Å²) >= 11 is 0. The van der Waals surface area contributed by atoms with Gasteiger partial charge in [0.25, 0.3) is 0 Å². The molecule has 2 atom stereocenters. The lowest BCUT2D eigenvalue weighted by molar-refractivity contribution is -0.151. The van der Waals surface area contributed by atoms with Crippen molar-refractivity contribution in [2.45, 2.75) is 19.3 Å². The van der Waals surface area contributed by atoms with E-state index in [0.29, 0.717) is 12.2 Å². The molecule has 1 aromatic carbocycles. The second kappa shape index (κ2) is 6.83. The van der Waals surface area contributed by atoms with Gasteiger partial charge in [0.1, 0.15) is 17.5 Å². The Hall–Kier alpha value is -2.69. The first-order valence-electron chi connectivity index (χ1n) is 7.80. The van der Waals surface area contributed by atoms with Crippen molar-refractivity contribution in [3.8, 4) is 0 Å². The second-order valence-corrected chi connectivity index (χ2v) is 5.63. The third-order valence-corrected chi connectivity index (χ3v) is 4.13. The average molecular weight is 328 g/mol. The van der Waals surface area contributed by atoms with E-state index in [9.17, 15) is 14.0 Å². The maximum Gasteiger partial charge on any atom is 0.317 e. The number of esters is 1. The van der Waals surface area contributed by atoms with Gasteiger partial charge >= 0.3 is 5.97 Å². The molecule has 0 saturated heterocycles. The van der Waals surface area contributed by atoms with Crippen LogP contribution >= 0.6 is 0 Å². The lowest BCUT2D eigenvalue weighted by Crippen LogP contribution is -2.33. The summed E-state index contributed by atoms with van der Waals surface area (Å²) in [5.41, 5.74) is 1.51. The number of benzene rings is 1. The van der Waals surface area contributed by atoms with Crippen LogP contribution in [0.3, 0.4) is 0 Å². The fourth-order valence-corrected chi connectivity index (χ4v) is 3.02. The maximum absolute atomic E-state index is 13.1. The van der Waals surface area contributed by atoms with Crippen LogP contribution in [0.4, 0.5) is 4.39 Å². The lowest BCUT2D eigenvalue weighted by atomic mass is 9.76. The van der Waals surface area contributed by atoms with E-state index < -0.39 is 17.8 Å². The molecule has 0 amide bonds. The molecule has 1 aromatic heterocycles. The molecule has 2 aromatic rings. The Morgan fingerprint density at radius 2 is 2.04 bits per heavy atom. The van der Waals surface area contributed by atoms with Gasteiger partial charge in [-0.3, -0.25) is 9.59 Å². The molecule has 0 unspecified atom stereocenters. The van der Waals surface area contributed by atoms with Crippen LogP contribution in [0.25, 0.3) is 5.57 Å². The van der Waals surface area contributed by atoms with Crippen LogP contribution in [0.2, 0.25) is 0 Å². The maximum atomic E-state index is 13.1. The van der Waals surface area contributed by atoms with E-state index in [4.69, 9.17) is 9.15 Å². The number of carbonyl (C=O) groups excluding carboxylic acids is 2. The lowest BCUT2D eigenvalue weighted by Gasteiger charge is -2.27. The molecule has 0 bridgehead atoms. The molecule has 1 aliphatic rings. The number of rotatable bonds is 4. The number of furan rings is 1. The number of ketones is 1. The van der Waals surface area contributed by atoms with E-state index in [2.05, 4.69) is 0 Å². The molecule has 4 nitrogen and oxygen atoms in total. The summed E-state index contributed by atoms with van der Waals surface area (Å²) in [5.74, 6) is -1.99. The molecule has 0 saturated carbocycles. The standard InChI is InChI=1S/C19H17FO4/c1-2-23-19(22)18-15(17-4-3-9-24-17)10-13(11-16(18)21)12-5-7-14(20)8-6-12/h3-9,11,15,18H,2,10H2,1H3/t15-,18+/m1/s1. The molecule has 0 radical (unpaired) electrons. The Balaban J connectivity index is 1.98. The van der Waals surface area contributed by atoms with Crippen molar-refractivity contribution in [2.24, 2.45) is 5.92 Å². The summed E-state index contributed by atoms with van der Waals surface area (Å²) in [6, 6.07) is 9.41. The predicted molar refractivity (Wildman–Crippen MR) is 85.6 cm³/mol. The summed E-state index contributed by atoms with van der Waals surface area (Å²) in [6.45, 7) is 1.91. The predicted octanol–water partition coefficient (Wildman–Crippen LogP) is 3.74. The van der Waals surface area contributed by atoms with Crippen LogP contribution in [0, 0.1) is 11.7 Å². The van der Waals surface area contributed by atoms with Crippen molar-refractivity contribution in [2.75, 3.05) is 6.61 Å². The van der Waals surface area contributed by atoms with Gasteiger partial charge in [0.05, 0.1) is 12.9 Å². The minimum Gasteiger partial charge on any atom is -0.469 e. The third kappa shape index (κ3) is 3.15. The van der Waals surface area contributed by atoms with Gasteiger partial charge in [-0.25, -0.2) is 4.39 Å². The molecule has 0 fully saturated rings. The van der Waals surface area contributed by atoms with Crippen molar-refractivity contribution < 1.29 is 23.1 Å². The fraction of sp³-hybridized carbons (Fsp3) is 0.263. The van der Waals surface area contributed by atoms with Gasteiger partial charge in [0, 0.05) is 5.92 Å². The normalized spacial score (nSPS) is 20.6. The third-order valence-electron chi connectivity index (χ3n) is 4.13. The van der Waals surface area contributed by atoms with Gasteiger partial charge in [0.15, 0.2) is 5.78 Å². The van der Waals surface area contributed by atoms with Gasteiger partial charge in [-0.1, -0.05) is 12.1 Å². The number of allylic oxidation sites excluding steroid dienone is 2. The van der Waals surface area contributed by atoms with E-state index in [0.717, 1.165) is 11.1 Å². The van der Waals surface area contributed by atoms with Crippen molar-refractivity contribution in [3.63, 3.8) is 0 Å². The molecule has 0 aliphatic heterocycles. The van der Waals surface area contributed by atoms with E-state index in [1.807, 2.05) is 0 Å². The Bertz CT molecular complexity index is 759. The first-order valence-corrected chi connectivity index (χ1v) is 7.80. The summed E-state index contributed by atoms with van der Waals surface area (Å²) in [6.07, 6.45) is 3.40. The number of carbonyl (C=O) groups is 2. The molecule has 3 rings (SSSR count). The number of hydrogen-bond acceptors (Lipinski definition) is 4. The van der Waals surface area contributed by atoms with Crippen molar-refractivity contribution in [1.29, 1.82) is 0 Å². The first kappa shape index (κ1) is 16.2. The van der Waals surface area contributed by atoms with Crippen LogP contribution in [0.5, 0.6) is 0 Å². The molecule has 124 valence electrons. The zero-order valence-corrected chi connectivity index (χ0v) is 13.2. The monoisotopic (exact) mass is 328 g/mol. The van der Waals surface area contributed by atoms with Gasteiger partial charge in [-0.05, 0) is 54.8 Å². The quantitative estimate of drug-likeness (QED) is 0.634. The zero-order chi connectivity index (χ0) is 17.1. The fourth-order valence-electron chi connectivity index (χ4n) is 3.02. The highest BCUT2D eigenvalue weighted by molar-refractivity contribution is 6.10. The van der Waals surface area contributed by atoms with Crippen LogP contribution in [-0.2, 0) is 14.3 Å². The van der Waals surface area contributed by atoms with E-state index in [1.54, 1.807) is 31.2 Å². The highest BCUT2D eigenvalue weighted by Crippen LogP contribution is 2.40. The van der Waals surface area contributed by atoms with Crippen molar-refractivity contribution in [1.82, 2.24) is 0 Å². The van der Waals surface area contributed by atoms with Crippen LogP contribution < -0.4 is 0 Å². The highest BCUT2D eigenvalue weighted by atomic mass is 19.1. The number of halogens is 1. The van der Waals surface area contributed by atoms with Crippen LogP contribution in [0.1, 0.15) is 30.6 Å². The second-order valence-electron chi connectivity index (χ2n) is 5.63. The van der Waals surface area contributed by atoms with E-state index >= 15 is 0 Å². The average Bonchev–Trinajstić information content (AvgIpc) is 3.09. The summed E-state index contributed by atoms with van der Waals surface area (Å²) in [4.78, 5) is 24.8. The van der Waals surface area contributed by atoms with Crippen LogP contribution in [-0.4, -0.2) is 18.4 Å². The van der Waals surface area contributed by atoms with Crippen LogP contribution in [0.15, 0.2) is 53.2 Å². The zero-order valence-electron chi connectivity index (χ0n) is 13.2. The van der Waals surface area contributed by atoms with Crippen molar-refractivity contribution in [3.05, 3.63) is 65.9 Å². The van der Waals surface area contributed by atoms with Gasteiger partial charge < -0.3 is 9.15 Å². The Morgan fingerprint density at radius 1 is 1.29 bits per heavy atom. The highest BCUT2D eigenvalue weighted by Gasteiger charge is 2.41. The number of ether oxygens (including phenoxy) is 1. The minimum atomic E-state index is -0.916. The smallest absolute Gasteiger partial charge is 0.317 e. The van der Waals surface area contributed by atoms with Gasteiger partial charge in [-0.2, -0.15) is 0 Å². The Kier molecular flexibility index (Phi) is 4.60. The first-order chi connectivity index (χ1) is 11.6. The Morgan fingerprint density at radius 3 is 2.67 bits per heavy atom. The van der Waals surface area contributed by atoms with Crippen molar-refractivity contribution >= 4 is 17.3 Å². The minimum absolute atomic E-state index is 0.210. The summed E-state index contributed by atoms with van der Waals surface area (Å²) < 4.78 is 23.6.